The van der Waals surface area contributed by atoms with Gasteiger partial charge in [0, 0.05) is 13.1 Å². The van der Waals surface area contributed by atoms with Crippen LogP contribution in [0.4, 0.5) is 5.69 Å². The topological polar surface area (TPSA) is 49.9 Å². The van der Waals surface area contributed by atoms with E-state index in [9.17, 15) is 9.59 Å². The van der Waals surface area contributed by atoms with Crippen LogP contribution in [0.2, 0.25) is 0 Å². The van der Waals surface area contributed by atoms with E-state index in [1.807, 2.05) is 29.2 Å². The van der Waals surface area contributed by atoms with E-state index in [1.54, 1.807) is 4.90 Å². The van der Waals surface area contributed by atoms with Gasteiger partial charge >= 0.3 is 0 Å². The molecule has 4 rings (SSSR count). The zero-order valence-corrected chi connectivity index (χ0v) is 13.9. The fraction of sp³-hybridized carbons (Fsp3) is 0.579. The van der Waals surface area contributed by atoms with E-state index < -0.39 is 0 Å². The third kappa shape index (κ3) is 2.87. The number of piperidine rings is 1. The Morgan fingerprint density at radius 3 is 2.79 bits per heavy atom. The number of para-hydroxylation sites is 2. The summed E-state index contributed by atoms with van der Waals surface area (Å²) in [5.74, 6) is 2.05. The predicted molar refractivity (Wildman–Crippen MR) is 90.9 cm³/mol. The van der Waals surface area contributed by atoms with Crippen LogP contribution < -0.4 is 9.64 Å². The highest BCUT2D eigenvalue weighted by molar-refractivity contribution is 6.02. The van der Waals surface area contributed by atoms with Gasteiger partial charge in [-0.3, -0.25) is 14.5 Å². The van der Waals surface area contributed by atoms with E-state index in [2.05, 4.69) is 0 Å². The summed E-state index contributed by atoms with van der Waals surface area (Å²) < 4.78 is 5.45. The number of carbonyl (C=O) groups is 2. The lowest BCUT2D eigenvalue weighted by molar-refractivity contribution is -0.134. The minimum absolute atomic E-state index is 0.00892. The van der Waals surface area contributed by atoms with E-state index in [0.717, 1.165) is 25.4 Å². The lowest BCUT2D eigenvalue weighted by Crippen LogP contribution is -2.50. The molecule has 0 N–H and O–H groups in total. The van der Waals surface area contributed by atoms with Gasteiger partial charge in [0.05, 0.1) is 5.69 Å². The van der Waals surface area contributed by atoms with Gasteiger partial charge in [0.2, 0.25) is 5.91 Å². The summed E-state index contributed by atoms with van der Waals surface area (Å²) in [6.45, 7) is 1.83. The standard InChI is InChI=1S/C19H24N2O3/c22-18(20-10-9-14-5-1-2-6-15(14)11-20)12-21-16-7-3-4-8-17(16)24-13-19(21)23/h3-4,7-8,14-15H,1-2,5-6,9-13H2/t14-,15+/m0/s1. The van der Waals surface area contributed by atoms with Gasteiger partial charge in [0.1, 0.15) is 12.3 Å². The monoisotopic (exact) mass is 328 g/mol. The molecule has 3 aliphatic rings. The van der Waals surface area contributed by atoms with Crippen LogP contribution in [0.1, 0.15) is 32.1 Å². The van der Waals surface area contributed by atoms with Crippen LogP contribution in [0, 0.1) is 11.8 Å². The Kier molecular flexibility index (Phi) is 4.17. The molecule has 1 aliphatic carbocycles. The molecule has 1 aromatic carbocycles. The van der Waals surface area contributed by atoms with Gasteiger partial charge in [0.25, 0.3) is 5.91 Å². The van der Waals surface area contributed by atoms with Crippen LogP contribution in [0.5, 0.6) is 5.75 Å². The molecule has 0 bridgehead atoms. The van der Waals surface area contributed by atoms with Gasteiger partial charge in [-0.05, 0) is 36.8 Å². The predicted octanol–water partition coefficient (Wildman–Crippen LogP) is 2.45. The number of nitrogens with zero attached hydrogens (tertiary/aromatic N) is 2. The second-order valence-corrected chi connectivity index (χ2v) is 7.17. The minimum Gasteiger partial charge on any atom is -0.482 e. The molecule has 2 amide bonds. The summed E-state index contributed by atoms with van der Waals surface area (Å²) in [6, 6.07) is 7.42. The Bertz CT molecular complexity index is 645. The summed E-state index contributed by atoms with van der Waals surface area (Å²) in [4.78, 5) is 28.6. The number of carbonyl (C=O) groups excluding carboxylic acids is 2. The van der Waals surface area contributed by atoms with E-state index in [4.69, 9.17) is 4.74 Å². The number of ether oxygens (including phenoxy) is 1. The Labute approximate surface area is 142 Å². The molecule has 1 saturated carbocycles. The van der Waals surface area contributed by atoms with Gasteiger partial charge in [-0.25, -0.2) is 0 Å². The summed E-state index contributed by atoms with van der Waals surface area (Å²) in [6.07, 6.45) is 6.31. The highest BCUT2D eigenvalue weighted by atomic mass is 16.5. The molecule has 2 atom stereocenters. The normalized spacial score (nSPS) is 26.4. The molecular formula is C19H24N2O3. The van der Waals surface area contributed by atoms with Crippen LogP contribution in [0.15, 0.2) is 24.3 Å². The molecule has 1 aromatic rings. The quantitative estimate of drug-likeness (QED) is 0.838. The van der Waals surface area contributed by atoms with Crippen LogP contribution >= 0.6 is 0 Å². The molecule has 0 radical (unpaired) electrons. The zero-order valence-electron chi connectivity index (χ0n) is 13.9. The highest BCUT2D eigenvalue weighted by Crippen LogP contribution is 2.36. The van der Waals surface area contributed by atoms with Crippen LogP contribution in [-0.2, 0) is 9.59 Å². The van der Waals surface area contributed by atoms with Crippen molar-refractivity contribution in [2.45, 2.75) is 32.1 Å². The second kappa shape index (κ2) is 6.46. The first-order valence-corrected chi connectivity index (χ1v) is 9.02. The van der Waals surface area contributed by atoms with Crippen molar-refractivity contribution in [2.75, 3.05) is 31.1 Å². The number of fused-ring (bicyclic) bond motifs is 2. The maximum atomic E-state index is 12.8. The molecule has 0 spiro atoms. The Morgan fingerprint density at radius 1 is 1.12 bits per heavy atom. The van der Waals surface area contributed by atoms with Crippen molar-refractivity contribution >= 4 is 17.5 Å². The first-order valence-electron chi connectivity index (χ1n) is 9.02. The smallest absolute Gasteiger partial charge is 0.265 e. The zero-order chi connectivity index (χ0) is 16.5. The average Bonchev–Trinajstić information content (AvgIpc) is 2.63. The van der Waals surface area contributed by atoms with Crippen LogP contribution in [0.25, 0.3) is 0 Å². The van der Waals surface area contributed by atoms with Crippen LogP contribution in [-0.4, -0.2) is 43.0 Å². The SMILES string of the molecule is O=C(CN1C(=O)COc2ccccc21)N1CC[C@@H]2CCCC[C@@H]2C1. The number of benzene rings is 1. The first-order chi connectivity index (χ1) is 11.7. The number of rotatable bonds is 2. The minimum atomic E-state index is -0.144. The van der Waals surface area contributed by atoms with Gasteiger partial charge in [-0.15, -0.1) is 0 Å². The Hall–Kier alpha value is -2.04. The van der Waals surface area contributed by atoms with Gasteiger partial charge in [0.15, 0.2) is 6.61 Å². The highest BCUT2D eigenvalue weighted by Gasteiger charge is 2.34. The molecule has 24 heavy (non-hydrogen) atoms. The fourth-order valence-corrected chi connectivity index (χ4v) is 4.39. The Morgan fingerprint density at radius 2 is 1.92 bits per heavy atom. The summed E-state index contributed by atoms with van der Waals surface area (Å²) >= 11 is 0. The number of amides is 2. The van der Waals surface area contributed by atoms with E-state index in [0.29, 0.717) is 17.4 Å². The summed E-state index contributed by atoms with van der Waals surface area (Å²) in [7, 11) is 0. The number of likely N-dealkylation sites (tertiary alicyclic amines) is 1. The van der Waals surface area contributed by atoms with Crippen molar-refractivity contribution in [1.82, 2.24) is 4.90 Å². The number of hydrogen-bond donors (Lipinski definition) is 0. The van der Waals surface area contributed by atoms with Crippen molar-refractivity contribution in [3.05, 3.63) is 24.3 Å². The van der Waals surface area contributed by atoms with Gasteiger partial charge in [-0.1, -0.05) is 31.4 Å². The molecule has 0 unspecified atom stereocenters. The third-order valence-corrected chi connectivity index (χ3v) is 5.75. The maximum Gasteiger partial charge on any atom is 0.265 e. The van der Waals surface area contributed by atoms with E-state index in [1.165, 1.54) is 25.7 Å². The Balaban J connectivity index is 1.45. The molecule has 0 aromatic heterocycles. The molecule has 128 valence electrons. The summed E-state index contributed by atoms with van der Waals surface area (Å²) in [5, 5.41) is 0. The van der Waals surface area contributed by atoms with Gasteiger partial charge in [-0.2, -0.15) is 0 Å². The molecule has 1 saturated heterocycles. The van der Waals surface area contributed by atoms with Crippen LogP contribution in [0.3, 0.4) is 0 Å². The molecule has 5 heteroatoms. The first kappa shape index (κ1) is 15.5. The van der Waals surface area contributed by atoms with Crippen molar-refractivity contribution in [3.63, 3.8) is 0 Å². The molecule has 2 heterocycles. The van der Waals surface area contributed by atoms with E-state index in [-0.39, 0.29) is 25.0 Å². The summed E-state index contributed by atoms with van der Waals surface area (Å²) in [5.41, 5.74) is 0.703. The second-order valence-electron chi connectivity index (χ2n) is 7.17. The third-order valence-electron chi connectivity index (χ3n) is 5.75. The molecule has 5 nitrogen and oxygen atoms in total. The van der Waals surface area contributed by atoms with Crippen molar-refractivity contribution < 1.29 is 14.3 Å². The van der Waals surface area contributed by atoms with Crippen molar-refractivity contribution in [2.24, 2.45) is 11.8 Å². The van der Waals surface area contributed by atoms with Crippen molar-refractivity contribution in [1.29, 1.82) is 0 Å². The largest absolute Gasteiger partial charge is 0.482 e. The van der Waals surface area contributed by atoms with Crippen molar-refractivity contribution in [3.8, 4) is 5.75 Å². The lowest BCUT2D eigenvalue weighted by atomic mass is 9.75. The average molecular weight is 328 g/mol. The molecular weight excluding hydrogens is 304 g/mol. The van der Waals surface area contributed by atoms with Gasteiger partial charge < -0.3 is 9.64 Å². The number of hydrogen-bond acceptors (Lipinski definition) is 3. The maximum absolute atomic E-state index is 12.8. The molecule has 2 fully saturated rings. The number of anilines is 1. The molecule has 2 aliphatic heterocycles. The lowest BCUT2D eigenvalue weighted by Gasteiger charge is -2.42. The fourth-order valence-electron chi connectivity index (χ4n) is 4.39. The van der Waals surface area contributed by atoms with E-state index >= 15 is 0 Å².